The Morgan fingerprint density at radius 2 is 2.00 bits per heavy atom. The van der Waals surface area contributed by atoms with Gasteiger partial charge in [0.25, 0.3) is 0 Å². The second-order valence-electron chi connectivity index (χ2n) is 6.73. The van der Waals surface area contributed by atoms with E-state index in [1.165, 1.54) is 0 Å². The summed E-state index contributed by atoms with van der Waals surface area (Å²) in [7, 11) is 0. The van der Waals surface area contributed by atoms with Crippen LogP contribution in [0.2, 0.25) is 0 Å². The molecule has 3 aliphatic rings. The Bertz CT molecular complexity index is 580. The average molecular weight is 318 g/mol. The topological polar surface area (TPSA) is 49.5 Å². The van der Waals surface area contributed by atoms with Gasteiger partial charge in [-0.25, -0.2) is 0 Å². The first-order valence-corrected chi connectivity index (χ1v) is 7.97. The predicted molar refractivity (Wildman–Crippen MR) is 82.6 cm³/mol. The van der Waals surface area contributed by atoms with E-state index in [4.69, 9.17) is 23.7 Å². The van der Waals surface area contributed by atoms with Crippen molar-refractivity contribution in [2.24, 2.45) is 0 Å². The number of hydrogen-bond donors (Lipinski definition) is 0. The summed E-state index contributed by atoms with van der Waals surface area (Å²) in [6.45, 7) is 8.72. The summed E-state index contributed by atoms with van der Waals surface area (Å²) >= 11 is 0. The summed E-state index contributed by atoms with van der Waals surface area (Å²) < 4.78 is 29.7. The highest BCUT2D eigenvalue weighted by Crippen LogP contribution is 2.47. The molecule has 5 nitrogen and oxygen atoms in total. The molecule has 3 heterocycles. The third-order valence-corrected chi connectivity index (χ3v) is 4.58. The van der Waals surface area contributed by atoms with E-state index >= 15 is 0 Å². The lowest BCUT2D eigenvalue weighted by atomic mass is 9.97. The van der Waals surface area contributed by atoms with E-state index in [0.717, 1.165) is 5.56 Å². The number of benzene rings is 1. The molecular formula is C18H22O5. The molecule has 3 fully saturated rings. The van der Waals surface area contributed by atoms with Crippen LogP contribution >= 0.6 is 0 Å². The zero-order valence-electron chi connectivity index (χ0n) is 13.4. The van der Waals surface area contributed by atoms with Gasteiger partial charge < -0.3 is 23.7 Å². The molecular weight excluding hydrogens is 296 g/mol. The molecule has 0 N–H and O–H groups in total. The first kappa shape index (κ1) is 15.3. The Hall–Kier alpha value is -1.24. The first-order valence-electron chi connectivity index (χ1n) is 7.97. The van der Waals surface area contributed by atoms with Crippen molar-refractivity contribution in [1.29, 1.82) is 0 Å². The van der Waals surface area contributed by atoms with Crippen LogP contribution in [-0.4, -0.2) is 42.6 Å². The van der Waals surface area contributed by atoms with Crippen LogP contribution in [0, 0.1) is 0 Å². The lowest BCUT2D eigenvalue weighted by molar-refractivity contribution is -0.224. The molecule has 0 amide bonds. The fourth-order valence-corrected chi connectivity index (χ4v) is 3.30. The molecule has 5 atom stereocenters. The maximum atomic E-state index is 6.18. The smallest absolute Gasteiger partial charge is 0.190 e. The van der Waals surface area contributed by atoms with E-state index in [1.54, 1.807) is 6.08 Å². The predicted octanol–water partition coefficient (Wildman–Crippen LogP) is 2.40. The maximum absolute atomic E-state index is 6.18. The van der Waals surface area contributed by atoms with Crippen LogP contribution in [0.1, 0.15) is 19.4 Å². The van der Waals surface area contributed by atoms with E-state index in [2.05, 4.69) is 6.58 Å². The molecule has 0 bridgehead atoms. The maximum Gasteiger partial charge on any atom is 0.190 e. The Morgan fingerprint density at radius 3 is 2.65 bits per heavy atom. The van der Waals surface area contributed by atoms with Gasteiger partial charge in [0.2, 0.25) is 0 Å². The molecule has 1 aromatic rings. The summed E-state index contributed by atoms with van der Waals surface area (Å²) in [4.78, 5) is 0. The Kier molecular flexibility index (Phi) is 3.59. The third kappa shape index (κ3) is 2.73. The van der Waals surface area contributed by atoms with Gasteiger partial charge in [0, 0.05) is 0 Å². The minimum atomic E-state index is -0.666. The van der Waals surface area contributed by atoms with Crippen LogP contribution in [-0.2, 0) is 30.3 Å². The summed E-state index contributed by atoms with van der Waals surface area (Å²) in [6, 6.07) is 10.1. The largest absolute Gasteiger partial charge is 0.368 e. The fraction of sp³-hybridized carbons (Fsp3) is 0.556. The monoisotopic (exact) mass is 318 g/mol. The van der Waals surface area contributed by atoms with Gasteiger partial charge in [-0.3, -0.25) is 0 Å². The minimum Gasteiger partial charge on any atom is -0.368 e. The molecule has 0 spiro atoms. The van der Waals surface area contributed by atoms with Gasteiger partial charge in [-0.1, -0.05) is 36.4 Å². The van der Waals surface area contributed by atoms with Gasteiger partial charge >= 0.3 is 0 Å². The van der Waals surface area contributed by atoms with Crippen molar-refractivity contribution >= 4 is 0 Å². The number of hydrogen-bond acceptors (Lipinski definition) is 5. The highest BCUT2D eigenvalue weighted by molar-refractivity contribution is 5.18. The normalized spacial score (nSPS) is 40.8. The molecule has 3 saturated heterocycles. The summed E-state index contributed by atoms with van der Waals surface area (Å²) in [6.07, 6.45) is 0.566. The van der Waals surface area contributed by atoms with E-state index < -0.39 is 17.7 Å². The van der Waals surface area contributed by atoms with Crippen molar-refractivity contribution in [3.05, 3.63) is 48.6 Å². The Labute approximate surface area is 136 Å². The van der Waals surface area contributed by atoms with E-state index in [1.807, 2.05) is 44.2 Å². The SMILES string of the molecule is C=C[C@]1([C@H]2O[C@@H]3OC(C)(C)O[C@@H]3[C@H]2OCc2ccccc2)CO1. The van der Waals surface area contributed by atoms with Gasteiger partial charge in [0.15, 0.2) is 12.1 Å². The lowest BCUT2D eigenvalue weighted by Crippen LogP contribution is -2.43. The molecule has 0 radical (unpaired) electrons. The van der Waals surface area contributed by atoms with Crippen molar-refractivity contribution in [3.8, 4) is 0 Å². The first-order chi connectivity index (χ1) is 11.0. The van der Waals surface area contributed by atoms with Gasteiger partial charge in [0.05, 0.1) is 13.2 Å². The van der Waals surface area contributed by atoms with Crippen molar-refractivity contribution in [3.63, 3.8) is 0 Å². The van der Waals surface area contributed by atoms with E-state index in [9.17, 15) is 0 Å². The second kappa shape index (κ2) is 5.40. The zero-order valence-corrected chi connectivity index (χ0v) is 13.4. The van der Waals surface area contributed by atoms with E-state index in [0.29, 0.717) is 13.2 Å². The van der Waals surface area contributed by atoms with Crippen molar-refractivity contribution < 1.29 is 23.7 Å². The Balaban J connectivity index is 1.53. The van der Waals surface area contributed by atoms with Gasteiger partial charge in [-0.05, 0) is 19.4 Å². The third-order valence-electron chi connectivity index (χ3n) is 4.58. The van der Waals surface area contributed by atoms with Crippen LogP contribution < -0.4 is 0 Å². The van der Waals surface area contributed by atoms with Gasteiger partial charge in [-0.15, -0.1) is 6.58 Å². The molecule has 4 rings (SSSR count). The molecule has 0 aromatic heterocycles. The lowest BCUT2D eigenvalue weighted by Gasteiger charge is -2.28. The molecule has 124 valence electrons. The number of fused-ring (bicyclic) bond motifs is 1. The van der Waals surface area contributed by atoms with Crippen LogP contribution in [0.15, 0.2) is 43.0 Å². The van der Waals surface area contributed by atoms with Crippen molar-refractivity contribution in [2.75, 3.05) is 6.61 Å². The number of rotatable bonds is 5. The Morgan fingerprint density at radius 1 is 1.26 bits per heavy atom. The quantitative estimate of drug-likeness (QED) is 0.616. The fourth-order valence-electron chi connectivity index (χ4n) is 3.30. The molecule has 1 aromatic carbocycles. The minimum absolute atomic E-state index is 0.262. The zero-order chi connectivity index (χ0) is 16.1. The van der Waals surface area contributed by atoms with Crippen molar-refractivity contribution in [2.45, 2.75) is 56.4 Å². The van der Waals surface area contributed by atoms with Gasteiger partial charge in [-0.2, -0.15) is 0 Å². The standard InChI is InChI=1S/C18H22O5/c1-4-18(11-20-18)15-13(19-10-12-8-6-5-7-9-12)14-16(21-15)23-17(2,3)22-14/h4-9,13-16H,1,10-11H2,2-3H3/t13-,14-,15+,16-,18-/m1/s1. The summed E-state index contributed by atoms with van der Waals surface area (Å²) in [5.74, 6) is -0.666. The summed E-state index contributed by atoms with van der Waals surface area (Å²) in [5.41, 5.74) is 0.625. The molecule has 23 heavy (non-hydrogen) atoms. The summed E-state index contributed by atoms with van der Waals surface area (Å²) in [5, 5.41) is 0. The number of epoxide rings is 1. The molecule has 3 aliphatic heterocycles. The highest BCUT2D eigenvalue weighted by Gasteiger charge is 2.64. The van der Waals surface area contributed by atoms with E-state index in [-0.39, 0.29) is 18.3 Å². The average Bonchev–Trinajstić information content (AvgIpc) is 3.18. The molecule has 5 heteroatoms. The van der Waals surface area contributed by atoms with Crippen LogP contribution in [0.5, 0.6) is 0 Å². The molecule has 0 aliphatic carbocycles. The van der Waals surface area contributed by atoms with Crippen LogP contribution in [0.25, 0.3) is 0 Å². The van der Waals surface area contributed by atoms with Crippen LogP contribution in [0.4, 0.5) is 0 Å². The molecule has 0 unspecified atom stereocenters. The molecule has 0 saturated carbocycles. The van der Waals surface area contributed by atoms with Gasteiger partial charge in [0.1, 0.15) is 23.9 Å². The highest BCUT2D eigenvalue weighted by atomic mass is 16.8. The second-order valence-corrected chi connectivity index (χ2v) is 6.73. The van der Waals surface area contributed by atoms with Crippen LogP contribution in [0.3, 0.4) is 0 Å². The van der Waals surface area contributed by atoms with Crippen molar-refractivity contribution in [1.82, 2.24) is 0 Å². The number of ether oxygens (including phenoxy) is 5.